The highest BCUT2D eigenvalue weighted by Crippen LogP contribution is 2.33. The van der Waals surface area contributed by atoms with Gasteiger partial charge in [-0.2, -0.15) is 4.52 Å². The lowest BCUT2D eigenvalue weighted by molar-refractivity contribution is 0.445. The Hall–Kier alpha value is -2.71. The van der Waals surface area contributed by atoms with E-state index < -0.39 is 9.84 Å². The number of anilines is 1. The maximum Gasteiger partial charge on any atom is 0.229 e. The molecular weight excluding hydrogens is 446 g/mol. The zero-order valence-corrected chi connectivity index (χ0v) is 19.6. The van der Waals surface area contributed by atoms with Gasteiger partial charge in [0.05, 0.1) is 10.4 Å². The Balaban J connectivity index is 1.74. The summed E-state index contributed by atoms with van der Waals surface area (Å²) < 4.78 is 28.4. The van der Waals surface area contributed by atoms with Crippen LogP contribution in [0.1, 0.15) is 32.3 Å². The lowest BCUT2D eigenvalue weighted by Crippen LogP contribution is -2.35. The summed E-state index contributed by atoms with van der Waals surface area (Å²) >= 11 is 6.30. The number of sulfone groups is 1. The monoisotopic (exact) mass is 469 g/mol. The second-order valence-electron chi connectivity index (χ2n) is 8.42. The van der Waals surface area contributed by atoms with Gasteiger partial charge in [-0.1, -0.05) is 42.8 Å². The summed E-state index contributed by atoms with van der Waals surface area (Å²) in [6, 6.07) is 12.3. The number of halogens is 1. The fourth-order valence-electron chi connectivity index (χ4n) is 4.37. The van der Waals surface area contributed by atoms with Crippen LogP contribution in [0.2, 0.25) is 5.02 Å². The second kappa shape index (κ2) is 8.01. The summed E-state index contributed by atoms with van der Waals surface area (Å²) in [5, 5.41) is 9.53. The van der Waals surface area contributed by atoms with Gasteiger partial charge in [0.15, 0.2) is 5.65 Å². The Morgan fingerprint density at radius 1 is 1.16 bits per heavy atom. The SMILES string of the molecule is CCc1ccc(S(=O)(=O)c2nnn3c2nc(N2CCC[C@@H](C)C2)c2cc(Cl)ccc23)cc1. The van der Waals surface area contributed by atoms with Crippen LogP contribution in [0.5, 0.6) is 0 Å². The molecule has 3 heterocycles. The second-order valence-corrected chi connectivity index (χ2v) is 10.7. The van der Waals surface area contributed by atoms with E-state index in [1.807, 2.05) is 31.2 Å². The first-order valence-corrected chi connectivity index (χ1v) is 12.7. The molecule has 7 nitrogen and oxygen atoms in total. The van der Waals surface area contributed by atoms with Crippen LogP contribution in [0, 0.1) is 5.92 Å². The van der Waals surface area contributed by atoms with E-state index in [0.29, 0.717) is 10.9 Å². The van der Waals surface area contributed by atoms with E-state index in [4.69, 9.17) is 16.6 Å². The Morgan fingerprint density at radius 2 is 1.94 bits per heavy atom. The van der Waals surface area contributed by atoms with Crippen molar-refractivity contribution in [3.63, 3.8) is 0 Å². The van der Waals surface area contributed by atoms with Gasteiger partial charge in [-0.25, -0.2) is 13.4 Å². The van der Waals surface area contributed by atoms with Gasteiger partial charge >= 0.3 is 0 Å². The molecule has 1 saturated heterocycles. The lowest BCUT2D eigenvalue weighted by atomic mass is 10.00. The molecule has 9 heteroatoms. The number of benzene rings is 2. The minimum Gasteiger partial charge on any atom is -0.356 e. The maximum atomic E-state index is 13.4. The largest absolute Gasteiger partial charge is 0.356 e. The van der Waals surface area contributed by atoms with Crippen LogP contribution in [-0.2, 0) is 16.3 Å². The molecule has 1 fully saturated rings. The van der Waals surface area contributed by atoms with Crippen molar-refractivity contribution in [1.29, 1.82) is 0 Å². The van der Waals surface area contributed by atoms with Crippen molar-refractivity contribution in [2.45, 2.75) is 43.0 Å². The van der Waals surface area contributed by atoms with Crippen molar-refractivity contribution in [2.75, 3.05) is 18.0 Å². The van der Waals surface area contributed by atoms with Crippen LogP contribution in [0.15, 0.2) is 52.4 Å². The summed E-state index contributed by atoms with van der Waals surface area (Å²) in [5.74, 6) is 1.25. The zero-order chi connectivity index (χ0) is 22.5. The normalized spacial score (nSPS) is 17.3. The van der Waals surface area contributed by atoms with E-state index in [1.165, 1.54) is 10.9 Å². The van der Waals surface area contributed by atoms with Crippen molar-refractivity contribution in [3.05, 3.63) is 53.1 Å². The van der Waals surface area contributed by atoms with Gasteiger partial charge in [-0.15, -0.1) is 5.10 Å². The molecule has 1 aliphatic heterocycles. The van der Waals surface area contributed by atoms with E-state index in [0.717, 1.165) is 48.2 Å². The summed E-state index contributed by atoms with van der Waals surface area (Å²) in [6.07, 6.45) is 3.06. The van der Waals surface area contributed by atoms with Crippen molar-refractivity contribution >= 4 is 43.8 Å². The first-order valence-electron chi connectivity index (χ1n) is 10.8. The fraction of sp³-hybridized carbons (Fsp3) is 0.348. The van der Waals surface area contributed by atoms with Crippen molar-refractivity contribution < 1.29 is 8.42 Å². The summed E-state index contributed by atoms with van der Waals surface area (Å²) in [7, 11) is -3.88. The molecule has 5 rings (SSSR count). The van der Waals surface area contributed by atoms with Crippen LogP contribution >= 0.6 is 11.6 Å². The van der Waals surface area contributed by atoms with E-state index in [-0.39, 0.29) is 15.6 Å². The Labute approximate surface area is 191 Å². The van der Waals surface area contributed by atoms with E-state index in [9.17, 15) is 8.42 Å². The van der Waals surface area contributed by atoms with Gasteiger partial charge in [0.25, 0.3) is 0 Å². The first-order chi connectivity index (χ1) is 15.4. The third-order valence-electron chi connectivity index (χ3n) is 6.11. The van der Waals surface area contributed by atoms with Gasteiger partial charge < -0.3 is 4.90 Å². The molecule has 2 aromatic heterocycles. The number of hydrogen-bond donors (Lipinski definition) is 0. The fourth-order valence-corrected chi connectivity index (χ4v) is 5.77. The average molecular weight is 470 g/mol. The number of piperidine rings is 1. The first kappa shape index (κ1) is 21.2. The summed E-state index contributed by atoms with van der Waals surface area (Å²) in [4.78, 5) is 7.21. The quantitative estimate of drug-likeness (QED) is 0.435. The Bertz CT molecular complexity index is 1420. The van der Waals surface area contributed by atoms with Crippen LogP contribution in [0.4, 0.5) is 5.82 Å². The van der Waals surface area contributed by atoms with E-state index >= 15 is 0 Å². The highest BCUT2D eigenvalue weighted by Gasteiger charge is 2.29. The molecule has 166 valence electrons. The summed E-state index contributed by atoms with van der Waals surface area (Å²) in [5.41, 5.74) is 2.02. The Morgan fingerprint density at radius 3 is 2.66 bits per heavy atom. The average Bonchev–Trinajstić information content (AvgIpc) is 3.23. The molecule has 1 atom stereocenters. The van der Waals surface area contributed by atoms with Crippen LogP contribution in [0.3, 0.4) is 0 Å². The number of aromatic nitrogens is 4. The number of nitrogens with zero attached hydrogens (tertiary/aromatic N) is 5. The maximum absolute atomic E-state index is 13.4. The molecule has 1 aliphatic rings. The number of hydrogen-bond acceptors (Lipinski definition) is 6. The number of fused-ring (bicyclic) bond motifs is 3. The molecular formula is C23H24ClN5O2S. The summed E-state index contributed by atoms with van der Waals surface area (Å²) in [6.45, 7) is 5.96. The van der Waals surface area contributed by atoms with Crippen molar-refractivity contribution in [2.24, 2.45) is 5.92 Å². The van der Waals surface area contributed by atoms with Crippen molar-refractivity contribution in [3.8, 4) is 0 Å². The van der Waals surface area contributed by atoms with Gasteiger partial charge in [0.2, 0.25) is 14.9 Å². The van der Waals surface area contributed by atoms with Crippen LogP contribution in [0.25, 0.3) is 16.6 Å². The third kappa shape index (κ3) is 3.51. The van der Waals surface area contributed by atoms with E-state index in [1.54, 1.807) is 18.2 Å². The molecule has 0 saturated carbocycles. The number of rotatable bonds is 4. The molecule has 4 aromatic rings. The van der Waals surface area contributed by atoms with E-state index in [2.05, 4.69) is 22.1 Å². The van der Waals surface area contributed by atoms with Crippen molar-refractivity contribution in [1.82, 2.24) is 19.8 Å². The van der Waals surface area contributed by atoms with Gasteiger partial charge in [-0.3, -0.25) is 0 Å². The standard InChI is InChI=1S/C23H24ClN5O2S/c1-3-16-6-9-18(10-7-16)32(30,31)23-22-25-21(28-12-4-5-15(2)14-28)19-13-17(24)8-11-20(19)29(22)27-26-23/h6-11,13,15H,3-5,12,14H2,1-2H3/t15-/m1/s1. The smallest absolute Gasteiger partial charge is 0.229 e. The third-order valence-corrected chi connectivity index (χ3v) is 8.01. The molecule has 0 amide bonds. The predicted molar refractivity (Wildman–Crippen MR) is 125 cm³/mol. The van der Waals surface area contributed by atoms with Crippen LogP contribution < -0.4 is 4.90 Å². The van der Waals surface area contributed by atoms with Gasteiger partial charge in [-0.05, 0) is 61.1 Å². The molecule has 0 bridgehead atoms. The predicted octanol–water partition coefficient (Wildman–Crippen LogP) is 4.56. The minimum absolute atomic E-state index is 0.134. The Kier molecular flexibility index (Phi) is 5.29. The number of aryl methyl sites for hydroxylation is 1. The molecule has 32 heavy (non-hydrogen) atoms. The molecule has 0 spiro atoms. The molecule has 0 aliphatic carbocycles. The molecule has 2 aromatic carbocycles. The topological polar surface area (TPSA) is 80.5 Å². The van der Waals surface area contributed by atoms with Gasteiger partial charge in [0.1, 0.15) is 5.82 Å². The molecule has 0 N–H and O–H groups in total. The highest BCUT2D eigenvalue weighted by atomic mass is 35.5. The highest BCUT2D eigenvalue weighted by molar-refractivity contribution is 7.91. The molecule has 0 unspecified atom stereocenters. The molecule has 0 radical (unpaired) electrons. The van der Waals surface area contributed by atoms with Crippen LogP contribution in [-0.4, -0.2) is 41.3 Å². The lowest BCUT2D eigenvalue weighted by Gasteiger charge is -2.32. The van der Waals surface area contributed by atoms with Gasteiger partial charge in [0, 0.05) is 23.5 Å². The zero-order valence-electron chi connectivity index (χ0n) is 18.0. The minimum atomic E-state index is -3.88.